The normalized spacial score (nSPS) is 11.0. The summed E-state index contributed by atoms with van der Waals surface area (Å²) < 4.78 is 33.2. The number of hydrogen-bond donors (Lipinski definition) is 3. The molecule has 34 heavy (non-hydrogen) atoms. The number of nitrogens with one attached hydrogen (secondary N) is 3. The van der Waals surface area contributed by atoms with E-state index in [9.17, 15) is 18.0 Å². The predicted molar refractivity (Wildman–Crippen MR) is 132 cm³/mol. The number of aryl methyl sites for hydroxylation is 1. The van der Waals surface area contributed by atoms with Crippen molar-refractivity contribution in [3.05, 3.63) is 88.4 Å². The minimum absolute atomic E-state index is 0.0333. The summed E-state index contributed by atoms with van der Waals surface area (Å²) in [5.41, 5.74) is 1.94. The molecule has 0 saturated carbocycles. The van der Waals surface area contributed by atoms with Gasteiger partial charge in [0, 0.05) is 24.9 Å². The number of sulfonamides is 1. The highest BCUT2D eigenvalue weighted by atomic mass is 35.5. The number of halogens is 1. The average molecular weight is 502 g/mol. The molecule has 0 aromatic heterocycles. The average Bonchev–Trinajstić information content (AvgIpc) is 2.81. The minimum Gasteiger partial charge on any atom is -0.383 e. The van der Waals surface area contributed by atoms with Gasteiger partial charge in [0.1, 0.15) is 4.90 Å². The van der Waals surface area contributed by atoms with E-state index in [4.69, 9.17) is 16.3 Å². The van der Waals surface area contributed by atoms with E-state index in [1.807, 2.05) is 6.92 Å². The van der Waals surface area contributed by atoms with E-state index in [0.717, 1.165) is 5.56 Å². The van der Waals surface area contributed by atoms with Crippen LogP contribution >= 0.6 is 11.6 Å². The van der Waals surface area contributed by atoms with Crippen molar-refractivity contribution in [2.24, 2.45) is 0 Å². The van der Waals surface area contributed by atoms with Crippen molar-refractivity contribution in [2.75, 3.05) is 30.3 Å². The monoisotopic (exact) mass is 501 g/mol. The highest BCUT2D eigenvalue weighted by Gasteiger charge is 2.21. The second-order valence-electron chi connectivity index (χ2n) is 7.37. The van der Waals surface area contributed by atoms with Crippen LogP contribution in [0.1, 0.15) is 26.3 Å². The Balaban J connectivity index is 1.83. The Labute approximate surface area is 203 Å². The zero-order valence-corrected chi connectivity index (χ0v) is 20.2. The molecule has 2 amide bonds. The maximum atomic E-state index is 12.9. The lowest BCUT2D eigenvalue weighted by Gasteiger charge is -2.13. The van der Waals surface area contributed by atoms with Crippen LogP contribution in [-0.4, -0.2) is 40.5 Å². The third-order valence-electron chi connectivity index (χ3n) is 4.80. The Morgan fingerprint density at radius 2 is 1.68 bits per heavy atom. The van der Waals surface area contributed by atoms with Crippen molar-refractivity contribution in [3.8, 4) is 0 Å². The molecule has 10 heteroatoms. The molecule has 3 N–H and O–H groups in total. The van der Waals surface area contributed by atoms with Crippen LogP contribution in [-0.2, 0) is 14.8 Å². The van der Waals surface area contributed by atoms with E-state index in [1.54, 1.807) is 48.5 Å². The van der Waals surface area contributed by atoms with E-state index in [2.05, 4.69) is 15.4 Å². The number of methoxy groups -OCH3 is 1. The Hall–Kier alpha value is -3.40. The topological polar surface area (TPSA) is 114 Å². The van der Waals surface area contributed by atoms with Gasteiger partial charge in [-0.3, -0.25) is 14.3 Å². The number of carbonyl (C=O) groups is 2. The zero-order valence-electron chi connectivity index (χ0n) is 18.6. The van der Waals surface area contributed by atoms with E-state index in [0.29, 0.717) is 18.8 Å². The van der Waals surface area contributed by atoms with Crippen LogP contribution in [0.5, 0.6) is 0 Å². The fraction of sp³-hybridized carbons (Fsp3) is 0.167. The molecule has 3 rings (SSSR count). The smallest absolute Gasteiger partial charge is 0.263 e. The molecule has 0 aliphatic rings. The van der Waals surface area contributed by atoms with Gasteiger partial charge >= 0.3 is 0 Å². The summed E-state index contributed by atoms with van der Waals surface area (Å²) in [6.07, 6.45) is 0. The first-order chi connectivity index (χ1) is 16.2. The Morgan fingerprint density at radius 3 is 2.38 bits per heavy atom. The number of anilines is 2. The molecular weight excluding hydrogens is 478 g/mol. The first-order valence-corrected chi connectivity index (χ1v) is 12.1. The SMILES string of the molecule is COCCNC(=O)c1ccccc1NC(=O)c1ccc(Cl)c(S(=O)(=O)Nc2ccc(C)cc2)c1. The van der Waals surface area contributed by atoms with Gasteiger partial charge in [0.05, 0.1) is 22.9 Å². The number of ether oxygens (including phenoxy) is 1. The van der Waals surface area contributed by atoms with Gasteiger partial charge in [-0.15, -0.1) is 0 Å². The molecule has 0 saturated heterocycles. The summed E-state index contributed by atoms with van der Waals surface area (Å²) in [6, 6.07) is 17.2. The van der Waals surface area contributed by atoms with Gasteiger partial charge in [0.25, 0.3) is 21.8 Å². The van der Waals surface area contributed by atoms with Crippen molar-refractivity contribution >= 4 is 44.8 Å². The molecule has 0 spiro atoms. The minimum atomic E-state index is -4.06. The fourth-order valence-electron chi connectivity index (χ4n) is 3.03. The second-order valence-corrected chi connectivity index (χ2v) is 9.42. The summed E-state index contributed by atoms with van der Waals surface area (Å²) in [4.78, 5) is 25.1. The summed E-state index contributed by atoms with van der Waals surface area (Å²) in [5.74, 6) is -0.977. The molecule has 3 aromatic rings. The van der Waals surface area contributed by atoms with Crippen molar-refractivity contribution in [1.29, 1.82) is 0 Å². The Morgan fingerprint density at radius 1 is 0.971 bits per heavy atom. The van der Waals surface area contributed by atoms with Crippen LogP contribution in [0.3, 0.4) is 0 Å². The van der Waals surface area contributed by atoms with Gasteiger partial charge in [-0.05, 0) is 49.4 Å². The molecule has 178 valence electrons. The summed E-state index contributed by atoms with van der Waals surface area (Å²) >= 11 is 6.15. The largest absolute Gasteiger partial charge is 0.383 e. The molecule has 0 unspecified atom stereocenters. The number of rotatable bonds is 9. The maximum Gasteiger partial charge on any atom is 0.263 e. The fourth-order valence-corrected chi connectivity index (χ4v) is 4.61. The molecule has 0 atom stereocenters. The number of amides is 2. The summed E-state index contributed by atoms with van der Waals surface area (Å²) in [7, 11) is -2.53. The third-order valence-corrected chi connectivity index (χ3v) is 6.66. The van der Waals surface area contributed by atoms with E-state index >= 15 is 0 Å². The highest BCUT2D eigenvalue weighted by molar-refractivity contribution is 7.92. The summed E-state index contributed by atoms with van der Waals surface area (Å²) in [6.45, 7) is 2.54. The van der Waals surface area contributed by atoms with Crippen molar-refractivity contribution in [1.82, 2.24) is 5.32 Å². The highest BCUT2D eigenvalue weighted by Crippen LogP contribution is 2.26. The lowest BCUT2D eigenvalue weighted by molar-refractivity contribution is 0.0938. The van der Waals surface area contributed by atoms with E-state index < -0.39 is 15.9 Å². The lowest BCUT2D eigenvalue weighted by Crippen LogP contribution is -2.28. The van der Waals surface area contributed by atoms with Crippen LogP contribution in [0.15, 0.2) is 71.6 Å². The van der Waals surface area contributed by atoms with Crippen LogP contribution in [0.25, 0.3) is 0 Å². The third kappa shape index (κ3) is 6.34. The standard InChI is InChI=1S/C24H24ClN3O5S/c1-16-7-10-18(11-8-16)28-34(31,32)22-15-17(9-12-20(22)25)23(29)27-21-6-4-3-5-19(21)24(30)26-13-14-33-2/h3-12,15,28H,13-14H2,1-2H3,(H,26,30)(H,27,29). The Bertz CT molecular complexity index is 1290. The number of para-hydroxylation sites is 1. The first kappa shape index (κ1) is 25.2. The lowest BCUT2D eigenvalue weighted by atomic mass is 10.1. The van der Waals surface area contributed by atoms with Gasteiger partial charge in [0.2, 0.25) is 0 Å². The molecule has 0 heterocycles. The van der Waals surface area contributed by atoms with Crippen LogP contribution in [0.4, 0.5) is 11.4 Å². The second kappa shape index (κ2) is 11.1. The molecule has 0 radical (unpaired) electrons. The van der Waals surface area contributed by atoms with E-state index in [1.165, 1.54) is 25.3 Å². The number of benzene rings is 3. The molecule has 0 aliphatic heterocycles. The van der Waals surface area contributed by atoms with Crippen molar-refractivity contribution in [3.63, 3.8) is 0 Å². The maximum absolute atomic E-state index is 12.9. The van der Waals surface area contributed by atoms with Gasteiger partial charge in [-0.2, -0.15) is 0 Å². The van der Waals surface area contributed by atoms with Crippen LogP contribution in [0, 0.1) is 6.92 Å². The van der Waals surface area contributed by atoms with Gasteiger partial charge in [-0.25, -0.2) is 8.42 Å². The van der Waals surface area contributed by atoms with Gasteiger partial charge < -0.3 is 15.4 Å². The molecule has 0 aliphatic carbocycles. The molecule has 8 nitrogen and oxygen atoms in total. The Kier molecular flexibility index (Phi) is 8.27. The predicted octanol–water partition coefficient (Wildman–Crippen LogP) is 4.08. The zero-order chi connectivity index (χ0) is 24.7. The first-order valence-electron chi connectivity index (χ1n) is 10.3. The van der Waals surface area contributed by atoms with Gasteiger partial charge in [-0.1, -0.05) is 41.4 Å². The van der Waals surface area contributed by atoms with Crippen LogP contribution < -0.4 is 15.4 Å². The van der Waals surface area contributed by atoms with Gasteiger partial charge in [0.15, 0.2) is 0 Å². The van der Waals surface area contributed by atoms with E-state index in [-0.39, 0.29) is 32.6 Å². The van der Waals surface area contributed by atoms with Crippen molar-refractivity contribution < 1.29 is 22.7 Å². The van der Waals surface area contributed by atoms with Crippen LogP contribution in [0.2, 0.25) is 5.02 Å². The van der Waals surface area contributed by atoms with Crippen molar-refractivity contribution in [2.45, 2.75) is 11.8 Å². The quantitative estimate of drug-likeness (QED) is 0.382. The number of carbonyl (C=O) groups excluding carboxylic acids is 2. The molecule has 0 bridgehead atoms. The summed E-state index contributed by atoms with van der Waals surface area (Å²) in [5, 5.41) is 5.33. The number of hydrogen-bond acceptors (Lipinski definition) is 5. The molecular formula is C24H24ClN3O5S. The molecule has 3 aromatic carbocycles. The molecule has 0 fully saturated rings.